The molecule has 6 nitrogen and oxygen atoms in total. The fourth-order valence-corrected chi connectivity index (χ4v) is 4.35. The molecule has 3 aromatic rings. The van der Waals surface area contributed by atoms with Gasteiger partial charge in [-0.2, -0.15) is 0 Å². The summed E-state index contributed by atoms with van der Waals surface area (Å²) in [5.74, 6) is 0.694. The van der Waals surface area contributed by atoms with E-state index in [9.17, 15) is 4.79 Å². The summed E-state index contributed by atoms with van der Waals surface area (Å²) in [4.78, 5) is 27.6. The smallest absolute Gasteiger partial charge is 0.253 e. The number of hydrogen-bond acceptors (Lipinski definition) is 4. The number of aromatic amines is 1. The molecular formula is C31H49N5O. The van der Waals surface area contributed by atoms with E-state index in [1.165, 1.54) is 57.1 Å². The van der Waals surface area contributed by atoms with E-state index in [4.69, 9.17) is 0 Å². The Morgan fingerprint density at radius 1 is 0.973 bits per heavy atom. The second-order valence-corrected chi connectivity index (χ2v) is 10.0. The average Bonchev–Trinajstić information content (AvgIpc) is 3.35. The Kier molecular flexibility index (Phi) is 13.8. The van der Waals surface area contributed by atoms with E-state index in [-0.39, 0.29) is 11.9 Å². The van der Waals surface area contributed by atoms with Gasteiger partial charge in [0.2, 0.25) is 0 Å². The Balaban J connectivity index is 0.000000733. The Hall–Kier alpha value is -2.89. The fourth-order valence-electron chi connectivity index (χ4n) is 4.35. The molecule has 0 spiro atoms. The van der Waals surface area contributed by atoms with Crippen molar-refractivity contribution >= 4 is 22.8 Å². The Labute approximate surface area is 224 Å². The third-order valence-corrected chi connectivity index (χ3v) is 6.26. The van der Waals surface area contributed by atoms with E-state index in [2.05, 4.69) is 91.1 Å². The second-order valence-electron chi connectivity index (χ2n) is 10.0. The lowest BCUT2D eigenvalue weighted by atomic mass is 9.95. The van der Waals surface area contributed by atoms with Crippen LogP contribution in [0, 0.1) is 0 Å². The number of H-pyrrole nitrogens is 1. The van der Waals surface area contributed by atoms with E-state index in [0.29, 0.717) is 16.7 Å². The molecule has 1 aromatic carbocycles. The third-order valence-electron chi connectivity index (χ3n) is 6.26. The standard InChI is InChI=1S/C25H33N5O.2C3H8/c1-3-4-8-17-30(2)20-13-11-18(12-14-20)23-28-22-21(15-16-26-24(22)29-23)25(31)27-19-9-6-5-7-10-19;2*1-3-2/h11-16,19H,3-10,17H2,1-2H3,(H,27,31)(H,26,28,29);2*3H2,1-2H3. The number of imidazole rings is 1. The van der Waals surface area contributed by atoms with Crippen LogP contribution in [0.5, 0.6) is 0 Å². The lowest BCUT2D eigenvalue weighted by Gasteiger charge is -2.22. The number of carbonyl (C=O) groups excluding carboxylic acids is 1. The van der Waals surface area contributed by atoms with Crippen molar-refractivity contribution in [3.8, 4) is 11.4 Å². The summed E-state index contributed by atoms with van der Waals surface area (Å²) >= 11 is 0. The van der Waals surface area contributed by atoms with Gasteiger partial charge in [0.25, 0.3) is 5.91 Å². The predicted molar refractivity (Wildman–Crippen MR) is 158 cm³/mol. The molecule has 204 valence electrons. The molecule has 37 heavy (non-hydrogen) atoms. The van der Waals surface area contributed by atoms with Gasteiger partial charge in [-0.1, -0.05) is 79.6 Å². The predicted octanol–water partition coefficient (Wildman–Crippen LogP) is 8.15. The highest BCUT2D eigenvalue weighted by Crippen LogP contribution is 2.25. The zero-order chi connectivity index (χ0) is 27.0. The van der Waals surface area contributed by atoms with Gasteiger partial charge < -0.3 is 15.2 Å². The number of fused-ring (bicyclic) bond motifs is 1. The van der Waals surface area contributed by atoms with E-state index in [1.807, 2.05) is 0 Å². The van der Waals surface area contributed by atoms with E-state index in [1.54, 1.807) is 12.3 Å². The first kappa shape index (κ1) is 30.3. The summed E-state index contributed by atoms with van der Waals surface area (Å²) in [7, 11) is 2.13. The van der Waals surface area contributed by atoms with Gasteiger partial charge in [0.15, 0.2) is 5.65 Å². The first-order valence-corrected chi connectivity index (χ1v) is 14.5. The molecule has 1 fully saturated rings. The van der Waals surface area contributed by atoms with Crippen LogP contribution in [0.1, 0.15) is 109 Å². The number of carbonyl (C=O) groups is 1. The molecule has 1 aliphatic carbocycles. The molecule has 4 rings (SSSR count). The molecule has 2 aromatic heterocycles. The number of pyridine rings is 1. The largest absolute Gasteiger partial charge is 0.375 e. The molecule has 2 N–H and O–H groups in total. The summed E-state index contributed by atoms with van der Waals surface area (Å²) in [6, 6.07) is 10.4. The molecule has 0 radical (unpaired) electrons. The average molecular weight is 508 g/mol. The van der Waals surface area contributed by atoms with Crippen molar-refractivity contribution in [2.24, 2.45) is 0 Å². The molecule has 0 unspecified atom stereocenters. The fraction of sp³-hybridized carbons (Fsp3) is 0.581. The van der Waals surface area contributed by atoms with Crippen molar-refractivity contribution in [1.82, 2.24) is 20.3 Å². The molecular weight excluding hydrogens is 458 g/mol. The number of anilines is 1. The van der Waals surface area contributed by atoms with E-state index < -0.39 is 0 Å². The van der Waals surface area contributed by atoms with Crippen LogP contribution in [0.15, 0.2) is 36.5 Å². The number of unbranched alkanes of at least 4 members (excludes halogenated alkanes) is 2. The van der Waals surface area contributed by atoms with Crippen LogP contribution in [0.25, 0.3) is 22.6 Å². The highest BCUT2D eigenvalue weighted by atomic mass is 16.1. The molecule has 0 atom stereocenters. The minimum atomic E-state index is -0.0430. The van der Waals surface area contributed by atoms with Gasteiger partial charge in [0, 0.05) is 37.1 Å². The Morgan fingerprint density at radius 3 is 2.24 bits per heavy atom. The monoisotopic (exact) mass is 507 g/mol. The van der Waals surface area contributed by atoms with Gasteiger partial charge in [-0.15, -0.1) is 0 Å². The lowest BCUT2D eigenvalue weighted by molar-refractivity contribution is 0.0929. The molecule has 0 saturated heterocycles. The highest BCUT2D eigenvalue weighted by molar-refractivity contribution is 6.04. The van der Waals surface area contributed by atoms with Crippen LogP contribution >= 0.6 is 0 Å². The van der Waals surface area contributed by atoms with Crippen molar-refractivity contribution in [2.45, 2.75) is 105 Å². The number of rotatable bonds is 8. The van der Waals surface area contributed by atoms with Crippen LogP contribution in [-0.2, 0) is 0 Å². The molecule has 6 heteroatoms. The zero-order valence-corrected chi connectivity index (χ0v) is 24.1. The number of amides is 1. The molecule has 1 saturated carbocycles. The van der Waals surface area contributed by atoms with Crippen molar-refractivity contribution in [3.63, 3.8) is 0 Å². The minimum Gasteiger partial charge on any atom is -0.375 e. The normalized spacial score (nSPS) is 13.2. The third kappa shape index (κ3) is 9.49. The maximum Gasteiger partial charge on any atom is 0.253 e. The number of benzene rings is 1. The number of hydrogen-bond donors (Lipinski definition) is 2. The molecule has 0 bridgehead atoms. The Bertz CT molecular complexity index is 1040. The van der Waals surface area contributed by atoms with Gasteiger partial charge in [-0.25, -0.2) is 9.97 Å². The van der Waals surface area contributed by atoms with Crippen LogP contribution in [0.3, 0.4) is 0 Å². The first-order chi connectivity index (χ1) is 18.0. The van der Waals surface area contributed by atoms with Gasteiger partial charge >= 0.3 is 0 Å². The molecule has 0 aliphatic heterocycles. The van der Waals surface area contributed by atoms with Crippen LogP contribution in [0.4, 0.5) is 5.69 Å². The van der Waals surface area contributed by atoms with Crippen molar-refractivity contribution in [3.05, 3.63) is 42.1 Å². The summed E-state index contributed by atoms with van der Waals surface area (Å²) in [6.45, 7) is 11.8. The van der Waals surface area contributed by atoms with Crippen molar-refractivity contribution in [1.29, 1.82) is 0 Å². The SMILES string of the molecule is CCC.CCC.CCCCCN(C)c1ccc(-c2nc3nccc(C(=O)NC4CCCCC4)c3[nH]2)cc1. The van der Waals surface area contributed by atoms with Crippen molar-refractivity contribution < 1.29 is 4.79 Å². The van der Waals surface area contributed by atoms with Crippen LogP contribution < -0.4 is 10.2 Å². The highest BCUT2D eigenvalue weighted by Gasteiger charge is 2.20. The maximum atomic E-state index is 12.9. The summed E-state index contributed by atoms with van der Waals surface area (Å²) in [6.07, 6.45) is 13.6. The number of aromatic nitrogens is 3. The number of nitrogens with one attached hydrogen (secondary N) is 2. The van der Waals surface area contributed by atoms with E-state index >= 15 is 0 Å². The van der Waals surface area contributed by atoms with Crippen LogP contribution in [0.2, 0.25) is 0 Å². The summed E-state index contributed by atoms with van der Waals surface area (Å²) < 4.78 is 0. The zero-order valence-electron chi connectivity index (χ0n) is 24.1. The molecule has 1 amide bonds. The van der Waals surface area contributed by atoms with Gasteiger partial charge in [0.1, 0.15) is 5.82 Å². The topological polar surface area (TPSA) is 73.9 Å². The molecule has 2 heterocycles. The second kappa shape index (κ2) is 16.8. The van der Waals surface area contributed by atoms with Crippen molar-refractivity contribution in [2.75, 3.05) is 18.5 Å². The summed E-state index contributed by atoms with van der Waals surface area (Å²) in [5.41, 5.74) is 4.07. The Morgan fingerprint density at radius 2 is 1.62 bits per heavy atom. The van der Waals surface area contributed by atoms with Gasteiger partial charge in [-0.05, 0) is 49.6 Å². The molecule has 1 aliphatic rings. The van der Waals surface area contributed by atoms with Gasteiger partial charge in [-0.3, -0.25) is 4.79 Å². The quantitative estimate of drug-likeness (QED) is 0.302. The van der Waals surface area contributed by atoms with E-state index in [0.717, 1.165) is 30.8 Å². The number of nitrogens with zero attached hydrogens (tertiary/aromatic N) is 3. The van der Waals surface area contributed by atoms with Gasteiger partial charge in [0.05, 0.1) is 11.1 Å². The van der Waals surface area contributed by atoms with Crippen LogP contribution in [-0.4, -0.2) is 40.5 Å². The maximum absolute atomic E-state index is 12.9. The summed E-state index contributed by atoms with van der Waals surface area (Å²) in [5, 5.41) is 3.20. The first-order valence-electron chi connectivity index (χ1n) is 14.5. The minimum absolute atomic E-state index is 0.0430. The lowest BCUT2D eigenvalue weighted by Crippen LogP contribution is -2.36.